The maximum absolute atomic E-state index is 12.7. The number of amides is 1. The van der Waals surface area contributed by atoms with Crippen LogP contribution in [0, 0.1) is 0 Å². The van der Waals surface area contributed by atoms with E-state index in [1.165, 1.54) is 0 Å². The van der Waals surface area contributed by atoms with Gasteiger partial charge in [0.25, 0.3) is 5.91 Å². The number of hydrogen-bond acceptors (Lipinski definition) is 5. The highest BCUT2D eigenvalue weighted by Gasteiger charge is 2.30. The first-order valence-corrected chi connectivity index (χ1v) is 9.71. The molecule has 146 valence electrons. The number of nitrogens with one attached hydrogen (secondary N) is 1. The van der Waals surface area contributed by atoms with E-state index in [1.807, 2.05) is 48.5 Å². The third kappa shape index (κ3) is 3.96. The molecule has 0 saturated carbocycles. The minimum absolute atomic E-state index is 0.0737. The predicted molar refractivity (Wildman–Crippen MR) is 109 cm³/mol. The van der Waals surface area contributed by atoms with Crippen molar-refractivity contribution in [3.8, 4) is 5.75 Å². The summed E-state index contributed by atoms with van der Waals surface area (Å²) in [6, 6.07) is 17.9. The van der Waals surface area contributed by atoms with Crippen molar-refractivity contribution in [3.05, 3.63) is 60.2 Å². The highest BCUT2D eigenvalue weighted by atomic mass is 16.6. The van der Waals surface area contributed by atoms with Crippen molar-refractivity contribution in [1.82, 2.24) is 5.32 Å². The van der Waals surface area contributed by atoms with Gasteiger partial charge in [0.15, 0.2) is 6.10 Å². The van der Waals surface area contributed by atoms with Gasteiger partial charge in [0.2, 0.25) is 0 Å². The van der Waals surface area contributed by atoms with E-state index in [2.05, 4.69) is 21.4 Å². The highest BCUT2D eigenvalue weighted by molar-refractivity contribution is 6.39. The number of nitrogens with zero attached hydrogens (tertiary/aromatic N) is 2. The Balaban J connectivity index is 1.36. The van der Waals surface area contributed by atoms with Crippen LogP contribution in [0.1, 0.15) is 30.9 Å². The summed E-state index contributed by atoms with van der Waals surface area (Å²) in [6.45, 7) is 1.70. The van der Waals surface area contributed by atoms with Crippen LogP contribution in [-0.2, 0) is 9.63 Å². The number of oxime groups is 1. The molecule has 2 aliphatic rings. The maximum Gasteiger partial charge on any atom is 0.269 e. The van der Waals surface area contributed by atoms with Crippen molar-refractivity contribution in [2.24, 2.45) is 5.16 Å². The number of anilines is 1. The summed E-state index contributed by atoms with van der Waals surface area (Å²) in [7, 11) is 1.68. The van der Waals surface area contributed by atoms with Gasteiger partial charge in [-0.2, -0.15) is 0 Å². The number of ether oxygens (including phenoxy) is 1. The fraction of sp³-hybridized carbons (Fsp3) is 0.364. The fourth-order valence-corrected chi connectivity index (χ4v) is 3.83. The summed E-state index contributed by atoms with van der Waals surface area (Å²) in [5.74, 6) is 0.721. The first kappa shape index (κ1) is 18.3. The van der Waals surface area contributed by atoms with Gasteiger partial charge in [0.05, 0.1) is 12.8 Å². The van der Waals surface area contributed by atoms with Gasteiger partial charge in [0, 0.05) is 25.6 Å². The van der Waals surface area contributed by atoms with E-state index < -0.39 is 0 Å². The van der Waals surface area contributed by atoms with Crippen molar-refractivity contribution in [2.75, 3.05) is 25.1 Å². The minimum atomic E-state index is -0.182. The molecule has 0 aliphatic carbocycles. The lowest BCUT2D eigenvalue weighted by molar-refractivity contribution is -0.115. The van der Waals surface area contributed by atoms with E-state index in [9.17, 15) is 4.79 Å². The topological polar surface area (TPSA) is 63.2 Å². The fourth-order valence-electron chi connectivity index (χ4n) is 3.83. The molecule has 2 aromatic carbocycles. The number of piperidine rings is 1. The average Bonchev–Trinajstić information content (AvgIpc) is 3.25. The Morgan fingerprint density at radius 1 is 1.18 bits per heavy atom. The third-order valence-corrected chi connectivity index (χ3v) is 5.28. The molecule has 6 nitrogen and oxygen atoms in total. The Kier molecular flexibility index (Phi) is 5.46. The molecule has 0 spiro atoms. The van der Waals surface area contributed by atoms with Gasteiger partial charge in [-0.1, -0.05) is 47.6 Å². The van der Waals surface area contributed by atoms with Crippen LogP contribution in [0.5, 0.6) is 5.75 Å². The number of rotatable bonds is 5. The second kappa shape index (κ2) is 8.33. The largest absolute Gasteiger partial charge is 0.495 e. The summed E-state index contributed by atoms with van der Waals surface area (Å²) in [4.78, 5) is 20.4. The van der Waals surface area contributed by atoms with Gasteiger partial charge in [-0.25, -0.2) is 0 Å². The van der Waals surface area contributed by atoms with E-state index in [1.54, 1.807) is 7.11 Å². The van der Waals surface area contributed by atoms with E-state index >= 15 is 0 Å². The number of benzene rings is 2. The van der Waals surface area contributed by atoms with Crippen LogP contribution in [0.4, 0.5) is 5.69 Å². The Morgan fingerprint density at radius 2 is 1.96 bits per heavy atom. The Morgan fingerprint density at radius 3 is 2.79 bits per heavy atom. The zero-order valence-corrected chi connectivity index (χ0v) is 16.0. The average molecular weight is 379 g/mol. The molecule has 2 heterocycles. The van der Waals surface area contributed by atoms with Crippen LogP contribution in [0.3, 0.4) is 0 Å². The smallest absolute Gasteiger partial charge is 0.269 e. The van der Waals surface area contributed by atoms with Crippen LogP contribution >= 0.6 is 0 Å². The Hall–Kier alpha value is -3.02. The Labute approximate surface area is 165 Å². The molecular weight excluding hydrogens is 354 g/mol. The van der Waals surface area contributed by atoms with E-state index in [4.69, 9.17) is 9.57 Å². The first-order valence-electron chi connectivity index (χ1n) is 9.71. The van der Waals surface area contributed by atoms with Gasteiger partial charge in [-0.05, 0) is 30.5 Å². The predicted octanol–water partition coefficient (Wildman–Crippen LogP) is 3.30. The van der Waals surface area contributed by atoms with E-state index in [0.717, 1.165) is 42.9 Å². The molecule has 1 saturated heterocycles. The molecule has 1 amide bonds. The Bertz CT molecular complexity index is 853. The standard InChI is InChI=1S/C22H25N3O3/c1-27-20-12-6-5-11-19(20)25-13-7-10-17(15-25)23-22(26)18-14-21(28-24-18)16-8-3-2-4-9-16/h2-6,8-9,11-12,17,21H,7,10,13-15H2,1H3,(H,23,26). The van der Waals surface area contributed by atoms with Gasteiger partial charge in [-0.15, -0.1) is 0 Å². The summed E-state index contributed by atoms with van der Waals surface area (Å²) in [6.07, 6.45) is 2.28. The van der Waals surface area contributed by atoms with Crippen molar-refractivity contribution in [2.45, 2.75) is 31.4 Å². The molecule has 0 aromatic heterocycles. The van der Waals surface area contributed by atoms with Crippen LogP contribution in [0.2, 0.25) is 0 Å². The molecule has 2 unspecified atom stereocenters. The van der Waals surface area contributed by atoms with Crippen molar-refractivity contribution in [1.29, 1.82) is 0 Å². The quantitative estimate of drug-likeness (QED) is 0.866. The van der Waals surface area contributed by atoms with Crippen molar-refractivity contribution in [3.63, 3.8) is 0 Å². The number of carbonyl (C=O) groups is 1. The molecule has 2 atom stereocenters. The van der Waals surface area contributed by atoms with Gasteiger partial charge in [-0.3, -0.25) is 4.79 Å². The zero-order valence-electron chi connectivity index (χ0n) is 16.0. The normalized spacial score (nSPS) is 21.6. The van der Waals surface area contributed by atoms with Crippen LogP contribution in [0.15, 0.2) is 59.8 Å². The number of hydrogen-bond donors (Lipinski definition) is 1. The number of para-hydroxylation sites is 2. The lowest BCUT2D eigenvalue weighted by Crippen LogP contribution is -2.49. The highest BCUT2D eigenvalue weighted by Crippen LogP contribution is 2.30. The summed E-state index contributed by atoms with van der Waals surface area (Å²) in [5.41, 5.74) is 2.56. The lowest BCUT2D eigenvalue weighted by Gasteiger charge is -2.35. The lowest BCUT2D eigenvalue weighted by atomic mass is 10.0. The summed E-state index contributed by atoms with van der Waals surface area (Å²) < 4.78 is 5.49. The molecule has 4 rings (SSSR count). The van der Waals surface area contributed by atoms with E-state index in [-0.39, 0.29) is 18.1 Å². The van der Waals surface area contributed by atoms with Gasteiger partial charge < -0.3 is 19.8 Å². The monoisotopic (exact) mass is 379 g/mol. The summed E-state index contributed by atoms with van der Waals surface area (Å²) >= 11 is 0. The number of carbonyl (C=O) groups excluding carboxylic acids is 1. The maximum atomic E-state index is 12.7. The first-order chi connectivity index (χ1) is 13.7. The van der Waals surface area contributed by atoms with Crippen LogP contribution in [0.25, 0.3) is 0 Å². The molecular formula is C22H25N3O3. The molecule has 2 aliphatic heterocycles. The molecule has 1 fully saturated rings. The molecule has 28 heavy (non-hydrogen) atoms. The number of methoxy groups -OCH3 is 1. The SMILES string of the molecule is COc1ccccc1N1CCCC(NC(=O)C2=NOC(c3ccccc3)C2)C1. The van der Waals surface area contributed by atoms with Crippen molar-refractivity contribution < 1.29 is 14.4 Å². The molecule has 1 N–H and O–H groups in total. The van der Waals surface area contributed by atoms with Gasteiger partial charge in [0.1, 0.15) is 11.5 Å². The van der Waals surface area contributed by atoms with E-state index in [0.29, 0.717) is 12.1 Å². The zero-order chi connectivity index (χ0) is 19.3. The minimum Gasteiger partial charge on any atom is -0.495 e. The molecule has 0 radical (unpaired) electrons. The second-order valence-electron chi connectivity index (χ2n) is 7.18. The summed E-state index contributed by atoms with van der Waals surface area (Å²) in [5, 5.41) is 7.17. The second-order valence-corrected chi connectivity index (χ2v) is 7.18. The molecule has 0 bridgehead atoms. The molecule has 2 aromatic rings. The van der Waals surface area contributed by atoms with Crippen LogP contribution < -0.4 is 15.0 Å². The van der Waals surface area contributed by atoms with Crippen molar-refractivity contribution >= 4 is 17.3 Å². The molecule has 6 heteroatoms. The third-order valence-electron chi connectivity index (χ3n) is 5.28. The van der Waals surface area contributed by atoms with Crippen LogP contribution in [-0.4, -0.2) is 37.9 Å². The van der Waals surface area contributed by atoms with Gasteiger partial charge >= 0.3 is 0 Å².